The number of thiazole rings is 1. The predicted molar refractivity (Wildman–Crippen MR) is 94.2 cm³/mol. The molecule has 1 aromatic carbocycles. The minimum absolute atomic E-state index is 0.0755. The molecule has 2 aromatic heterocycles. The Labute approximate surface area is 160 Å². The Morgan fingerprint density at radius 3 is 2.54 bits per heavy atom. The maximum atomic E-state index is 12.1. The largest absolute Gasteiger partial charge is 0.573 e. The molecule has 3 rings (SSSR count). The summed E-state index contributed by atoms with van der Waals surface area (Å²) >= 11 is 1.14. The average Bonchev–Trinajstić information content (AvgIpc) is 3.27. The second kappa shape index (κ2) is 8.13. The zero-order valence-corrected chi connectivity index (χ0v) is 14.8. The van der Waals surface area contributed by atoms with Crippen molar-refractivity contribution in [2.75, 3.05) is 10.6 Å². The van der Waals surface area contributed by atoms with Gasteiger partial charge in [0.1, 0.15) is 5.75 Å². The molecule has 2 heterocycles. The number of aromatic nitrogens is 1. The number of nitrogens with zero attached hydrogens (tertiary/aromatic N) is 1. The number of hydrogen-bond donors (Lipinski definition) is 2. The molecule has 146 valence electrons. The van der Waals surface area contributed by atoms with Crippen LogP contribution in [0, 0.1) is 0 Å². The van der Waals surface area contributed by atoms with Crippen LogP contribution in [0.15, 0.2) is 52.5 Å². The number of nitrogens with one attached hydrogen (secondary N) is 2. The average molecular weight is 411 g/mol. The number of ether oxygens (including phenoxy) is 1. The normalized spacial score (nSPS) is 11.1. The Bertz CT molecular complexity index is 953. The van der Waals surface area contributed by atoms with Crippen molar-refractivity contribution in [2.45, 2.75) is 12.8 Å². The molecular formula is C17H12F3N3O4S. The van der Waals surface area contributed by atoms with Gasteiger partial charge in [0.05, 0.1) is 18.4 Å². The first kappa shape index (κ1) is 19.4. The quantitative estimate of drug-likeness (QED) is 0.638. The molecule has 0 saturated heterocycles. The standard InChI is InChI=1S/C17H12F3N3O4S/c18-17(19,20)27-12-5-3-10(4-6-12)21-14(24)8-11-9-28-16(22-11)23-15(25)13-2-1-7-26-13/h1-7,9H,8H2,(H,21,24)(H,22,23,25). The summed E-state index contributed by atoms with van der Waals surface area (Å²) in [5, 5.41) is 7.00. The summed E-state index contributed by atoms with van der Waals surface area (Å²) in [5.74, 6) is -1.13. The van der Waals surface area contributed by atoms with Crippen LogP contribution >= 0.6 is 11.3 Å². The number of rotatable bonds is 6. The van der Waals surface area contributed by atoms with Crippen molar-refractivity contribution in [2.24, 2.45) is 0 Å². The zero-order valence-electron chi connectivity index (χ0n) is 13.9. The lowest BCUT2D eigenvalue weighted by Gasteiger charge is -2.09. The zero-order chi connectivity index (χ0) is 20.1. The minimum atomic E-state index is -4.78. The van der Waals surface area contributed by atoms with Crippen molar-refractivity contribution in [3.63, 3.8) is 0 Å². The van der Waals surface area contributed by atoms with E-state index in [4.69, 9.17) is 4.42 Å². The number of carbonyl (C=O) groups is 2. The Hall–Kier alpha value is -3.34. The fourth-order valence-electron chi connectivity index (χ4n) is 2.12. The van der Waals surface area contributed by atoms with E-state index in [1.807, 2.05) is 0 Å². The summed E-state index contributed by atoms with van der Waals surface area (Å²) in [7, 11) is 0. The molecule has 2 amide bonds. The van der Waals surface area contributed by atoms with Gasteiger partial charge in [-0.2, -0.15) is 0 Å². The number of halogens is 3. The van der Waals surface area contributed by atoms with Crippen molar-refractivity contribution in [3.8, 4) is 5.75 Å². The number of carbonyl (C=O) groups excluding carboxylic acids is 2. The van der Waals surface area contributed by atoms with Crippen LogP contribution in [0.3, 0.4) is 0 Å². The molecule has 0 unspecified atom stereocenters. The summed E-state index contributed by atoms with van der Waals surface area (Å²) in [6.45, 7) is 0. The number of benzene rings is 1. The summed E-state index contributed by atoms with van der Waals surface area (Å²) in [6, 6.07) is 7.84. The molecule has 0 aliphatic heterocycles. The topological polar surface area (TPSA) is 93.5 Å². The molecule has 28 heavy (non-hydrogen) atoms. The van der Waals surface area contributed by atoms with E-state index in [2.05, 4.69) is 20.4 Å². The van der Waals surface area contributed by atoms with Crippen LogP contribution in [0.2, 0.25) is 0 Å². The van der Waals surface area contributed by atoms with Crippen molar-refractivity contribution in [1.82, 2.24) is 4.98 Å². The highest BCUT2D eigenvalue weighted by atomic mass is 32.1. The number of furan rings is 1. The smallest absolute Gasteiger partial charge is 0.459 e. The van der Waals surface area contributed by atoms with Gasteiger partial charge >= 0.3 is 6.36 Å². The Balaban J connectivity index is 1.52. The molecule has 0 radical (unpaired) electrons. The Morgan fingerprint density at radius 1 is 1.14 bits per heavy atom. The van der Waals surface area contributed by atoms with E-state index < -0.39 is 18.2 Å². The summed E-state index contributed by atoms with van der Waals surface area (Å²) in [5.41, 5.74) is 0.732. The molecule has 0 fully saturated rings. The highest BCUT2D eigenvalue weighted by molar-refractivity contribution is 7.14. The molecule has 2 N–H and O–H groups in total. The third-order valence-electron chi connectivity index (χ3n) is 3.23. The van der Waals surface area contributed by atoms with Gasteiger partial charge in [0.15, 0.2) is 10.9 Å². The fourth-order valence-corrected chi connectivity index (χ4v) is 2.83. The minimum Gasteiger partial charge on any atom is -0.459 e. The third kappa shape index (κ3) is 5.58. The first-order valence-corrected chi connectivity index (χ1v) is 8.61. The second-order valence-electron chi connectivity index (χ2n) is 5.37. The summed E-state index contributed by atoms with van der Waals surface area (Å²) in [4.78, 5) is 28.1. The van der Waals surface area contributed by atoms with Gasteiger partial charge in [-0.1, -0.05) is 0 Å². The van der Waals surface area contributed by atoms with Gasteiger partial charge in [-0.25, -0.2) is 4.98 Å². The monoisotopic (exact) mass is 411 g/mol. The maximum absolute atomic E-state index is 12.1. The van der Waals surface area contributed by atoms with Gasteiger partial charge in [-0.05, 0) is 36.4 Å². The summed E-state index contributed by atoms with van der Waals surface area (Å²) < 4.78 is 45.1. The number of hydrogen-bond acceptors (Lipinski definition) is 6. The van der Waals surface area contributed by atoms with Crippen LogP contribution in [0.4, 0.5) is 24.0 Å². The van der Waals surface area contributed by atoms with Crippen LogP contribution in [-0.2, 0) is 11.2 Å². The van der Waals surface area contributed by atoms with Gasteiger partial charge < -0.3 is 14.5 Å². The maximum Gasteiger partial charge on any atom is 0.573 e. The van der Waals surface area contributed by atoms with E-state index in [9.17, 15) is 22.8 Å². The van der Waals surface area contributed by atoms with E-state index in [0.29, 0.717) is 16.5 Å². The van der Waals surface area contributed by atoms with Gasteiger partial charge in [0, 0.05) is 11.1 Å². The number of amides is 2. The molecule has 0 saturated carbocycles. The van der Waals surface area contributed by atoms with Crippen molar-refractivity contribution < 1.29 is 31.9 Å². The Kier molecular flexibility index (Phi) is 5.64. The van der Waals surface area contributed by atoms with E-state index in [1.165, 1.54) is 24.5 Å². The van der Waals surface area contributed by atoms with Crippen LogP contribution in [-0.4, -0.2) is 23.2 Å². The molecule has 0 spiro atoms. The Morgan fingerprint density at radius 2 is 1.89 bits per heavy atom. The SMILES string of the molecule is O=C(Cc1csc(NC(=O)c2ccco2)n1)Nc1ccc(OC(F)(F)F)cc1. The van der Waals surface area contributed by atoms with E-state index in [1.54, 1.807) is 11.4 Å². The summed E-state index contributed by atoms with van der Waals surface area (Å²) in [6.07, 6.45) is -3.48. The van der Waals surface area contributed by atoms with Crippen molar-refractivity contribution in [3.05, 3.63) is 59.5 Å². The first-order chi connectivity index (χ1) is 13.3. The molecular weight excluding hydrogens is 399 g/mol. The predicted octanol–water partition coefficient (Wildman–Crippen LogP) is 4.07. The van der Waals surface area contributed by atoms with Gasteiger partial charge in [0.25, 0.3) is 5.91 Å². The third-order valence-corrected chi connectivity index (χ3v) is 4.04. The molecule has 0 atom stereocenters. The molecule has 3 aromatic rings. The van der Waals surface area contributed by atoms with Gasteiger partial charge in [-0.15, -0.1) is 24.5 Å². The van der Waals surface area contributed by atoms with E-state index in [-0.39, 0.29) is 17.9 Å². The van der Waals surface area contributed by atoms with Gasteiger partial charge in [0.2, 0.25) is 5.91 Å². The molecule has 0 aliphatic rings. The van der Waals surface area contributed by atoms with Crippen LogP contribution < -0.4 is 15.4 Å². The van der Waals surface area contributed by atoms with Crippen LogP contribution in [0.25, 0.3) is 0 Å². The van der Waals surface area contributed by atoms with Gasteiger partial charge in [-0.3, -0.25) is 14.9 Å². The number of anilines is 2. The highest BCUT2D eigenvalue weighted by Gasteiger charge is 2.30. The fraction of sp³-hybridized carbons (Fsp3) is 0.118. The lowest BCUT2D eigenvalue weighted by molar-refractivity contribution is -0.274. The van der Waals surface area contributed by atoms with E-state index in [0.717, 1.165) is 23.5 Å². The number of alkyl halides is 3. The molecule has 7 nitrogen and oxygen atoms in total. The lowest BCUT2D eigenvalue weighted by Crippen LogP contribution is -2.17. The van der Waals surface area contributed by atoms with Crippen LogP contribution in [0.1, 0.15) is 16.2 Å². The molecule has 11 heteroatoms. The molecule has 0 aliphatic carbocycles. The first-order valence-electron chi connectivity index (χ1n) is 7.73. The van der Waals surface area contributed by atoms with Crippen LogP contribution in [0.5, 0.6) is 5.75 Å². The van der Waals surface area contributed by atoms with Crippen molar-refractivity contribution in [1.29, 1.82) is 0 Å². The van der Waals surface area contributed by atoms with E-state index >= 15 is 0 Å². The molecule has 0 bridgehead atoms. The van der Waals surface area contributed by atoms with Crippen molar-refractivity contribution >= 4 is 34.0 Å². The highest BCUT2D eigenvalue weighted by Crippen LogP contribution is 2.24. The second-order valence-corrected chi connectivity index (χ2v) is 6.23. The lowest BCUT2D eigenvalue weighted by atomic mass is 10.2.